The molecule has 0 bridgehead atoms. The number of nitrogens with one attached hydrogen (secondary N) is 2. The molecule has 15 heteroatoms. The molecule has 6 atom stereocenters. The van der Waals surface area contributed by atoms with Crippen LogP contribution in [0, 0.1) is 34.5 Å². The fourth-order valence-electron chi connectivity index (χ4n) is 17.0. The number of likely N-dealkylation sites (N-methyl/N-ethyl adjacent to an activating group) is 1. The van der Waals surface area contributed by atoms with E-state index in [4.69, 9.17) is 21.7 Å². The van der Waals surface area contributed by atoms with Gasteiger partial charge < -0.3 is 34.0 Å². The van der Waals surface area contributed by atoms with E-state index in [1.165, 1.54) is 132 Å². The molecule has 0 radical (unpaired) electrons. The minimum absolute atomic E-state index is 0.0186. The van der Waals surface area contributed by atoms with Crippen molar-refractivity contribution in [3.63, 3.8) is 0 Å². The van der Waals surface area contributed by atoms with Gasteiger partial charge in [-0.2, -0.15) is 8.42 Å². The average molecular weight is 1190 g/mol. The number of ether oxygens (including phenoxy) is 2. The number of hydrogen-bond acceptors (Lipinski definition) is 8. The van der Waals surface area contributed by atoms with Gasteiger partial charge in [0.15, 0.2) is 16.9 Å². The minimum atomic E-state index is -3.97. The number of morpholine rings is 1. The van der Waals surface area contributed by atoms with Gasteiger partial charge in [0.25, 0.3) is 10.1 Å². The van der Waals surface area contributed by atoms with Gasteiger partial charge in [0.2, 0.25) is 0 Å². The van der Waals surface area contributed by atoms with Crippen LogP contribution in [0.5, 0.6) is 0 Å². The maximum absolute atomic E-state index is 11.7. The highest BCUT2D eigenvalue weighted by Gasteiger charge is 2.60. The molecule has 8 aliphatic rings. The Bertz CT molecular complexity index is 2440. The van der Waals surface area contributed by atoms with Crippen LogP contribution in [-0.4, -0.2) is 179 Å². The Balaban J connectivity index is 0.871. The Morgan fingerprint density at radius 3 is 2.28 bits per heavy atom. The number of nitrogens with zero attached hydrogens (tertiary/aromatic N) is 6. The van der Waals surface area contributed by atoms with Crippen LogP contribution >= 0.6 is 12.2 Å². The van der Waals surface area contributed by atoms with Crippen LogP contribution in [0.3, 0.4) is 0 Å². The molecule has 3 N–H and O–H groups in total. The first-order valence-corrected chi connectivity index (χ1v) is 36.1. The molecular weight excluding hydrogens is 1070 g/mol. The number of fused-ring (bicyclic) bond motifs is 4. The highest BCUT2D eigenvalue weighted by molar-refractivity contribution is 7.85. The van der Waals surface area contributed by atoms with E-state index in [0.717, 1.165) is 175 Å². The molecule has 5 aliphatic carbocycles. The first kappa shape index (κ1) is 66.1. The molecule has 83 heavy (non-hydrogen) atoms. The summed E-state index contributed by atoms with van der Waals surface area (Å²) in [5.74, 6) is 3.90. The van der Waals surface area contributed by atoms with Crippen molar-refractivity contribution >= 4 is 39.2 Å². The molecule has 0 aromatic carbocycles. The van der Waals surface area contributed by atoms with Crippen LogP contribution in [0.4, 0.5) is 0 Å². The number of quaternary nitrogens is 2. The molecule has 6 fully saturated rings. The largest absolute Gasteiger partial charge is 0.490 e. The molecule has 4 saturated carbocycles. The number of hydrogen-bond donors (Lipinski definition) is 3. The number of unbranched alkanes of at least 4 members (excludes halogenated alkanes) is 4. The predicted molar refractivity (Wildman–Crippen MR) is 346 cm³/mol. The summed E-state index contributed by atoms with van der Waals surface area (Å²) >= 11 is 5.89. The molecule has 8 rings (SSSR count). The SMILES string of the molecule is CC1(C)C(/C=C/C2=C(OC3CCCCC3)C(=C/C=C3/N(CCCCS(=O)(=O)O)C4CCCCC4C3(C)C)/CCC2)=[N+](CCCNC(=S)NCCC[N+](C)(C)CCCCCCN=C=NCCC[N+]2(C)CCOCC2)C2CCC3CCCCC3C21. The summed E-state index contributed by atoms with van der Waals surface area (Å²) in [4.78, 5) is 11.5. The summed E-state index contributed by atoms with van der Waals surface area (Å²) in [6.07, 6.45) is 41.9. The van der Waals surface area contributed by atoms with Gasteiger partial charge in [-0.15, -0.1) is 0 Å². The molecule has 13 nitrogen and oxygen atoms in total. The van der Waals surface area contributed by atoms with Crippen LogP contribution in [0.1, 0.15) is 201 Å². The number of allylic oxidation sites excluding steroid dienone is 7. The number of likely N-dealkylation sites (tertiary alicyclic amines) is 1. The quantitative estimate of drug-likeness (QED) is 0.0167. The van der Waals surface area contributed by atoms with E-state index in [1.807, 2.05) is 0 Å². The molecule has 468 valence electrons. The monoisotopic (exact) mass is 1190 g/mol. The fourth-order valence-corrected chi connectivity index (χ4v) is 17.8. The Hall–Kier alpha value is -2.91. The van der Waals surface area contributed by atoms with Crippen molar-refractivity contribution < 1.29 is 36.0 Å². The van der Waals surface area contributed by atoms with E-state index < -0.39 is 10.1 Å². The van der Waals surface area contributed by atoms with E-state index in [1.54, 1.807) is 0 Å². The van der Waals surface area contributed by atoms with Crippen LogP contribution in [0.15, 0.2) is 56.9 Å². The van der Waals surface area contributed by atoms with Crippen LogP contribution in [0.25, 0.3) is 0 Å². The molecule has 0 spiro atoms. The van der Waals surface area contributed by atoms with Crippen molar-refractivity contribution in [2.24, 2.45) is 44.5 Å². The molecule has 0 aromatic rings. The highest BCUT2D eigenvalue weighted by Crippen LogP contribution is 2.56. The van der Waals surface area contributed by atoms with Gasteiger partial charge in [-0.3, -0.25) is 4.55 Å². The zero-order valence-electron chi connectivity index (χ0n) is 53.4. The molecule has 2 saturated heterocycles. The third-order valence-corrected chi connectivity index (χ3v) is 22.8. The Morgan fingerprint density at radius 2 is 1.49 bits per heavy atom. The third-order valence-electron chi connectivity index (χ3n) is 21.7. The topological polar surface area (TPSA) is 128 Å². The normalized spacial score (nSPS) is 28.3. The Kier molecular flexibility index (Phi) is 24.9. The van der Waals surface area contributed by atoms with E-state index in [-0.39, 0.29) is 22.7 Å². The number of aliphatic imine (C=N–C) groups is 2. The van der Waals surface area contributed by atoms with Gasteiger partial charge in [0.05, 0.1) is 83.8 Å². The predicted octanol–water partition coefficient (Wildman–Crippen LogP) is 12.7. The van der Waals surface area contributed by atoms with Crippen molar-refractivity contribution in [1.82, 2.24) is 15.5 Å². The minimum Gasteiger partial charge on any atom is -0.490 e. The molecule has 3 heterocycles. The molecule has 0 aromatic heterocycles. The second kappa shape index (κ2) is 31.3. The second-order valence-corrected chi connectivity index (χ2v) is 31.0. The van der Waals surface area contributed by atoms with Crippen LogP contribution in [0.2, 0.25) is 0 Å². The van der Waals surface area contributed by atoms with E-state index in [2.05, 4.69) is 109 Å². The van der Waals surface area contributed by atoms with Gasteiger partial charge in [0.1, 0.15) is 25.4 Å². The smallest absolute Gasteiger partial charge is 0.264 e. The summed E-state index contributed by atoms with van der Waals surface area (Å²) in [7, 11) is 3.10. The maximum atomic E-state index is 11.7. The highest BCUT2D eigenvalue weighted by atomic mass is 32.2. The summed E-state index contributed by atoms with van der Waals surface area (Å²) in [5, 5.41) is 7.96. The van der Waals surface area contributed by atoms with Crippen molar-refractivity contribution in [2.75, 3.05) is 112 Å². The lowest BCUT2D eigenvalue weighted by atomic mass is 9.57. The van der Waals surface area contributed by atoms with Gasteiger partial charge in [-0.1, -0.05) is 64.9 Å². The van der Waals surface area contributed by atoms with Crippen LogP contribution < -0.4 is 10.6 Å². The Labute approximate surface area is 510 Å². The van der Waals surface area contributed by atoms with Gasteiger partial charge >= 0.3 is 0 Å². The first-order valence-electron chi connectivity index (χ1n) is 34.0. The van der Waals surface area contributed by atoms with Crippen molar-refractivity contribution in [3.05, 3.63) is 46.9 Å². The Morgan fingerprint density at radius 1 is 0.795 bits per heavy atom. The zero-order valence-corrected chi connectivity index (χ0v) is 55.1. The summed E-state index contributed by atoms with van der Waals surface area (Å²) < 4.78 is 50.7. The second-order valence-electron chi connectivity index (χ2n) is 29.0. The fraction of sp³-hybridized carbons (Fsp3) is 0.838. The zero-order chi connectivity index (χ0) is 58.9. The van der Waals surface area contributed by atoms with Gasteiger partial charge in [0, 0.05) is 81.0 Å². The van der Waals surface area contributed by atoms with Crippen molar-refractivity contribution in [2.45, 2.75) is 219 Å². The maximum Gasteiger partial charge on any atom is 0.264 e. The summed E-state index contributed by atoms with van der Waals surface area (Å²) in [6.45, 7) is 22.8. The first-order chi connectivity index (χ1) is 39.9. The van der Waals surface area contributed by atoms with E-state index in [0.29, 0.717) is 30.3 Å². The third kappa shape index (κ3) is 18.8. The lowest BCUT2D eigenvalue weighted by molar-refractivity contribution is -0.916. The molecule has 0 amide bonds. The average Bonchev–Trinajstić information content (AvgIpc) is 3.10. The summed E-state index contributed by atoms with van der Waals surface area (Å²) in [6, 6.07) is 4.01. The van der Waals surface area contributed by atoms with Crippen molar-refractivity contribution in [3.8, 4) is 0 Å². The van der Waals surface area contributed by atoms with Gasteiger partial charge in [-0.25, -0.2) is 14.6 Å². The number of rotatable bonds is 29. The van der Waals surface area contributed by atoms with Crippen LogP contribution in [-0.2, 0) is 19.6 Å². The lowest BCUT2D eigenvalue weighted by Gasteiger charge is -2.45. The van der Waals surface area contributed by atoms with E-state index >= 15 is 0 Å². The molecule has 3 aliphatic heterocycles. The van der Waals surface area contributed by atoms with E-state index in [9.17, 15) is 13.0 Å². The number of thiocarbonyl (C=S) groups is 1. The lowest BCUT2D eigenvalue weighted by Crippen LogP contribution is -2.52. The molecule has 6 unspecified atom stereocenters. The van der Waals surface area contributed by atoms with Gasteiger partial charge in [-0.05, 0) is 170 Å². The summed E-state index contributed by atoms with van der Waals surface area (Å²) in [5.41, 5.74) is 5.71. The van der Waals surface area contributed by atoms with Crippen molar-refractivity contribution in [1.29, 1.82) is 0 Å². The molecular formula is C68H117N8O5S2+3. The standard InChI is InChI=1S/C68H115N8O5S2/c1-67(2)59-31-15-16-32-60(59)73(43-18-20-52-83(77,78)79)62(67)37-34-55-26-21-27-56(65(55)81-57-28-11-10-12-29-57)35-38-63-68(3,4)64-58-30-14-13-25-54(58)33-36-61(64)74(63)44-22-41-71-66(82)72-42-24-46-75(5,6)45-19-9-8-17-39-69-53-70-40-23-47-76(7)48-50-80-51-49-76/h34-35,37-38,54,57-61,64H,8-33,36,39-52H2,1-7H3,(H-2,71,72,77,78,79,82)/q+1/p+2.